The molecule has 0 fully saturated rings. The predicted molar refractivity (Wildman–Crippen MR) is 414 cm³/mol. The van der Waals surface area contributed by atoms with Crippen LogP contribution in [0.15, 0.2) is 0 Å². The zero-order valence-corrected chi connectivity index (χ0v) is 67.7. The minimum atomic E-state index is -4.96. The van der Waals surface area contributed by atoms with Crippen molar-refractivity contribution in [2.75, 3.05) is 39.6 Å². The molecule has 600 valence electrons. The molecular formula is C82H160O17P2. The van der Waals surface area contributed by atoms with Gasteiger partial charge in [0.2, 0.25) is 0 Å². The van der Waals surface area contributed by atoms with Gasteiger partial charge in [-0.15, -0.1) is 0 Å². The fourth-order valence-corrected chi connectivity index (χ4v) is 14.4. The number of rotatable bonds is 83. The number of carbonyl (C=O) groups is 4. The molecule has 0 aliphatic carbocycles. The monoisotopic (exact) mass is 1480 g/mol. The smallest absolute Gasteiger partial charge is 0.462 e. The molecule has 0 aromatic rings. The van der Waals surface area contributed by atoms with E-state index in [9.17, 15) is 43.2 Å². The molecule has 2 unspecified atom stereocenters. The molecule has 17 nitrogen and oxygen atoms in total. The van der Waals surface area contributed by atoms with Crippen molar-refractivity contribution in [2.45, 2.75) is 463 Å². The van der Waals surface area contributed by atoms with E-state index in [-0.39, 0.29) is 25.7 Å². The number of hydrogen-bond donors (Lipinski definition) is 3. The van der Waals surface area contributed by atoms with Crippen molar-refractivity contribution >= 4 is 39.5 Å². The SMILES string of the molecule is CCCCCCCCCCCCCCCCCCCCCCCC(=O)O[C@H](COC(=O)CCCCCCCCCCCCCCCC)COP(=O)(O)OC[C@@H](O)COP(=O)(O)OC[C@@H](COC(=O)CCCCCCCCCCCCCCC)OC(=O)CCCCCCCCCCCCCCC. The number of phosphoric ester groups is 2. The summed E-state index contributed by atoms with van der Waals surface area (Å²) in [6, 6.07) is 0. The van der Waals surface area contributed by atoms with Gasteiger partial charge in [0.25, 0.3) is 0 Å². The lowest BCUT2D eigenvalue weighted by molar-refractivity contribution is -0.161. The molecule has 0 aliphatic heterocycles. The van der Waals surface area contributed by atoms with Crippen molar-refractivity contribution in [1.29, 1.82) is 0 Å². The highest BCUT2D eigenvalue weighted by molar-refractivity contribution is 7.47. The van der Waals surface area contributed by atoms with Gasteiger partial charge in [0, 0.05) is 25.7 Å². The molecule has 3 N–H and O–H groups in total. The van der Waals surface area contributed by atoms with E-state index in [1.165, 1.54) is 276 Å². The molecule has 0 bridgehead atoms. The van der Waals surface area contributed by atoms with Gasteiger partial charge in [0.05, 0.1) is 26.4 Å². The number of aliphatic hydroxyl groups excluding tert-OH is 1. The fraction of sp³-hybridized carbons (Fsp3) is 0.951. The summed E-state index contributed by atoms with van der Waals surface area (Å²) < 4.78 is 68.8. The van der Waals surface area contributed by atoms with Crippen LogP contribution in [-0.2, 0) is 65.4 Å². The molecule has 0 aromatic carbocycles. The molecule has 0 amide bonds. The Hall–Kier alpha value is -1.94. The van der Waals surface area contributed by atoms with Crippen LogP contribution in [0.5, 0.6) is 0 Å². The minimum absolute atomic E-state index is 0.109. The second-order valence-electron chi connectivity index (χ2n) is 29.5. The van der Waals surface area contributed by atoms with E-state index in [0.29, 0.717) is 25.7 Å². The minimum Gasteiger partial charge on any atom is -0.462 e. The first-order valence-corrected chi connectivity index (χ1v) is 45.8. The Bertz CT molecular complexity index is 1910. The first-order valence-electron chi connectivity index (χ1n) is 42.8. The lowest BCUT2D eigenvalue weighted by Crippen LogP contribution is -2.30. The summed E-state index contributed by atoms with van der Waals surface area (Å²) in [5.41, 5.74) is 0. The third-order valence-electron chi connectivity index (χ3n) is 19.4. The molecule has 5 atom stereocenters. The number of unbranched alkanes of at least 4 members (excludes halogenated alkanes) is 57. The van der Waals surface area contributed by atoms with E-state index in [1.54, 1.807) is 0 Å². The Morgan fingerprint density at radius 3 is 0.584 bits per heavy atom. The fourth-order valence-electron chi connectivity index (χ4n) is 12.8. The highest BCUT2D eigenvalue weighted by Gasteiger charge is 2.30. The van der Waals surface area contributed by atoms with Gasteiger partial charge in [-0.1, -0.05) is 394 Å². The van der Waals surface area contributed by atoms with Crippen molar-refractivity contribution in [1.82, 2.24) is 0 Å². The van der Waals surface area contributed by atoms with Gasteiger partial charge < -0.3 is 33.8 Å². The number of esters is 4. The van der Waals surface area contributed by atoms with Crippen LogP contribution in [0.1, 0.15) is 445 Å². The summed E-state index contributed by atoms with van der Waals surface area (Å²) >= 11 is 0. The summed E-state index contributed by atoms with van der Waals surface area (Å²) in [6.45, 7) is 5.04. The second kappa shape index (κ2) is 76.3. The number of ether oxygens (including phenoxy) is 4. The van der Waals surface area contributed by atoms with Crippen molar-refractivity contribution in [3.05, 3.63) is 0 Å². The van der Waals surface area contributed by atoms with E-state index in [0.717, 1.165) is 89.9 Å². The molecule has 0 rings (SSSR count). The molecule has 0 radical (unpaired) electrons. The van der Waals surface area contributed by atoms with Gasteiger partial charge >= 0.3 is 39.5 Å². The zero-order valence-electron chi connectivity index (χ0n) is 65.9. The largest absolute Gasteiger partial charge is 0.472 e. The predicted octanol–water partition coefficient (Wildman–Crippen LogP) is 25.0. The molecule has 101 heavy (non-hydrogen) atoms. The van der Waals surface area contributed by atoms with E-state index in [2.05, 4.69) is 27.7 Å². The van der Waals surface area contributed by atoms with Gasteiger partial charge in [-0.05, 0) is 25.7 Å². The van der Waals surface area contributed by atoms with Crippen LogP contribution in [0.25, 0.3) is 0 Å². The first-order chi connectivity index (χ1) is 49.2. The van der Waals surface area contributed by atoms with Gasteiger partial charge in [-0.3, -0.25) is 37.3 Å². The van der Waals surface area contributed by atoms with Crippen LogP contribution >= 0.6 is 15.6 Å². The highest BCUT2D eigenvalue weighted by atomic mass is 31.2. The Morgan fingerprint density at radius 2 is 0.396 bits per heavy atom. The average Bonchev–Trinajstić information content (AvgIpc) is 0.955. The van der Waals surface area contributed by atoms with E-state index >= 15 is 0 Å². The Labute approximate surface area is 619 Å². The van der Waals surface area contributed by atoms with E-state index in [4.69, 9.17) is 37.0 Å². The van der Waals surface area contributed by atoms with Crippen LogP contribution in [0.3, 0.4) is 0 Å². The number of carbonyl (C=O) groups excluding carboxylic acids is 4. The standard InChI is InChI=1S/C82H160O17P2/c1-5-9-13-17-21-25-29-33-35-36-37-38-39-40-41-45-49-53-57-61-65-69-82(87)99-78(73-93-80(85)67-63-59-55-51-47-44-34-30-26-22-18-14-10-6-2)75-97-101(90,91)95-71-76(83)70-94-100(88,89)96-74-77(98-81(86)68-64-60-56-52-48-43-32-28-24-20-16-12-8-4)72-92-79(84)66-62-58-54-50-46-42-31-27-23-19-15-11-7-3/h76-78,83H,5-75H2,1-4H3,(H,88,89)(H,90,91)/t76-,77+,78+/m0/s1. The van der Waals surface area contributed by atoms with Crippen LogP contribution in [0.4, 0.5) is 0 Å². The Morgan fingerprint density at radius 1 is 0.238 bits per heavy atom. The molecule has 0 saturated carbocycles. The van der Waals surface area contributed by atoms with E-state index in [1.807, 2.05) is 0 Å². The molecular weight excluding hydrogens is 1320 g/mol. The highest BCUT2D eigenvalue weighted by Crippen LogP contribution is 2.45. The lowest BCUT2D eigenvalue weighted by Gasteiger charge is -2.21. The summed E-state index contributed by atoms with van der Waals surface area (Å²) in [5.74, 6) is -2.10. The molecule has 0 aromatic heterocycles. The van der Waals surface area contributed by atoms with Crippen LogP contribution in [0, 0.1) is 0 Å². The van der Waals surface area contributed by atoms with Gasteiger partial charge in [0.1, 0.15) is 19.3 Å². The third kappa shape index (κ3) is 76.1. The zero-order chi connectivity index (χ0) is 73.9. The van der Waals surface area contributed by atoms with Crippen molar-refractivity contribution in [2.24, 2.45) is 0 Å². The molecule has 0 saturated heterocycles. The number of hydrogen-bond acceptors (Lipinski definition) is 15. The van der Waals surface area contributed by atoms with Crippen LogP contribution in [0.2, 0.25) is 0 Å². The van der Waals surface area contributed by atoms with Crippen molar-refractivity contribution in [3.63, 3.8) is 0 Å². The van der Waals surface area contributed by atoms with Crippen molar-refractivity contribution in [3.8, 4) is 0 Å². The second-order valence-corrected chi connectivity index (χ2v) is 32.4. The summed E-state index contributed by atoms with van der Waals surface area (Å²) in [4.78, 5) is 73.1. The van der Waals surface area contributed by atoms with E-state index < -0.39 is 97.5 Å². The summed E-state index contributed by atoms with van der Waals surface area (Å²) in [6.07, 6.45) is 69.3. The average molecular weight is 1480 g/mol. The van der Waals surface area contributed by atoms with Gasteiger partial charge in [0.15, 0.2) is 12.2 Å². The molecule has 19 heteroatoms. The number of phosphoric acid groups is 2. The molecule has 0 heterocycles. The number of aliphatic hydroxyl groups is 1. The maximum atomic E-state index is 13.1. The Balaban J connectivity index is 5.22. The first kappa shape index (κ1) is 99.1. The third-order valence-corrected chi connectivity index (χ3v) is 21.3. The maximum absolute atomic E-state index is 13.1. The molecule has 0 aliphatic rings. The van der Waals surface area contributed by atoms with Gasteiger partial charge in [-0.25, -0.2) is 9.13 Å². The molecule has 0 spiro atoms. The summed E-state index contributed by atoms with van der Waals surface area (Å²) in [5, 5.41) is 10.7. The quantitative estimate of drug-likeness (QED) is 0.0222. The topological polar surface area (TPSA) is 237 Å². The van der Waals surface area contributed by atoms with Gasteiger partial charge in [-0.2, -0.15) is 0 Å². The van der Waals surface area contributed by atoms with Crippen molar-refractivity contribution < 1.29 is 80.2 Å². The maximum Gasteiger partial charge on any atom is 0.472 e. The van der Waals surface area contributed by atoms with Crippen LogP contribution < -0.4 is 0 Å². The Kier molecular flexibility index (Phi) is 74.8. The normalized spacial score (nSPS) is 13.8. The summed E-state index contributed by atoms with van der Waals surface area (Å²) in [7, 11) is -9.92. The lowest BCUT2D eigenvalue weighted by atomic mass is 10.0. The van der Waals surface area contributed by atoms with Crippen LogP contribution in [-0.4, -0.2) is 96.7 Å².